The first kappa shape index (κ1) is 8.09. The minimum Gasteiger partial charge on any atom is -0.388 e. The van der Waals surface area contributed by atoms with E-state index in [-0.39, 0.29) is 6.10 Å². The van der Waals surface area contributed by atoms with Crippen molar-refractivity contribution in [2.75, 3.05) is 0 Å². The van der Waals surface area contributed by atoms with Gasteiger partial charge in [0.15, 0.2) is 0 Å². The van der Waals surface area contributed by atoms with E-state index >= 15 is 0 Å². The van der Waals surface area contributed by atoms with E-state index in [0.29, 0.717) is 0 Å². The topological polar surface area (TPSA) is 20.2 Å². The molecule has 2 heteroatoms. The lowest BCUT2D eigenvalue weighted by Crippen LogP contribution is -2.09. The van der Waals surface area contributed by atoms with E-state index in [0.717, 1.165) is 35.4 Å². The van der Waals surface area contributed by atoms with E-state index in [1.54, 1.807) is 0 Å². The Morgan fingerprint density at radius 3 is 3.00 bits per heavy atom. The fourth-order valence-electron chi connectivity index (χ4n) is 1.78. The maximum absolute atomic E-state index is 9.63. The average Bonchev–Trinajstić information content (AvgIpc) is 2.07. The van der Waals surface area contributed by atoms with Crippen LogP contribution in [0.15, 0.2) is 18.2 Å². The van der Waals surface area contributed by atoms with Gasteiger partial charge in [0.05, 0.1) is 6.10 Å². The Kier molecular flexibility index (Phi) is 2.07. The normalized spacial score (nSPS) is 22.0. The highest BCUT2D eigenvalue weighted by atomic mass is 35.5. The van der Waals surface area contributed by atoms with Gasteiger partial charge in [-0.05, 0) is 36.5 Å². The zero-order chi connectivity index (χ0) is 8.55. The van der Waals surface area contributed by atoms with Gasteiger partial charge in [0, 0.05) is 5.02 Å². The van der Waals surface area contributed by atoms with Crippen LogP contribution >= 0.6 is 11.6 Å². The fourth-order valence-corrected chi connectivity index (χ4v) is 2.06. The molecule has 64 valence electrons. The van der Waals surface area contributed by atoms with E-state index < -0.39 is 0 Å². The Balaban J connectivity index is 2.52. The number of hydrogen-bond acceptors (Lipinski definition) is 1. The molecule has 0 heterocycles. The maximum atomic E-state index is 9.63. The summed E-state index contributed by atoms with van der Waals surface area (Å²) in [6.07, 6.45) is 2.62. The summed E-state index contributed by atoms with van der Waals surface area (Å²) in [5.41, 5.74) is 2.16. The Labute approximate surface area is 77.0 Å². The minimum absolute atomic E-state index is 0.299. The number of aliphatic hydroxyl groups is 1. The third-order valence-corrected chi connectivity index (χ3v) is 2.77. The summed E-state index contributed by atoms with van der Waals surface area (Å²) in [6, 6.07) is 5.75. The molecule has 1 aromatic rings. The van der Waals surface area contributed by atoms with Crippen molar-refractivity contribution in [3.05, 3.63) is 34.3 Å². The van der Waals surface area contributed by atoms with Gasteiger partial charge in [0.2, 0.25) is 0 Å². The lowest BCUT2D eigenvalue weighted by atomic mass is 9.89. The van der Waals surface area contributed by atoms with Crippen molar-refractivity contribution in [3.63, 3.8) is 0 Å². The van der Waals surface area contributed by atoms with Crippen molar-refractivity contribution >= 4 is 11.6 Å². The first-order valence-electron chi connectivity index (χ1n) is 4.24. The molecule has 0 aromatic heterocycles. The van der Waals surface area contributed by atoms with Crippen LogP contribution < -0.4 is 0 Å². The third-order valence-electron chi connectivity index (χ3n) is 2.42. The highest BCUT2D eigenvalue weighted by molar-refractivity contribution is 6.31. The molecule has 0 saturated carbocycles. The van der Waals surface area contributed by atoms with Gasteiger partial charge in [-0.2, -0.15) is 0 Å². The van der Waals surface area contributed by atoms with Crippen LogP contribution in [-0.4, -0.2) is 5.11 Å². The standard InChI is InChI=1S/C10H11ClO/c11-9-5-1-4-8-7(9)3-2-6-10(8)12/h1,4-5,10,12H,2-3,6H2/t10-/m1/s1. The number of fused-ring (bicyclic) bond motifs is 1. The van der Waals surface area contributed by atoms with Crippen molar-refractivity contribution in [1.82, 2.24) is 0 Å². The number of benzene rings is 1. The maximum Gasteiger partial charge on any atom is 0.0793 e. The molecule has 0 unspecified atom stereocenters. The van der Waals surface area contributed by atoms with Crippen molar-refractivity contribution in [1.29, 1.82) is 0 Å². The highest BCUT2D eigenvalue weighted by Crippen LogP contribution is 2.33. The molecule has 2 rings (SSSR count). The molecule has 1 aliphatic carbocycles. The highest BCUT2D eigenvalue weighted by Gasteiger charge is 2.18. The Hall–Kier alpha value is -0.530. The SMILES string of the molecule is O[C@@H]1CCCc2c(Cl)cccc21. The van der Waals surface area contributed by atoms with Gasteiger partial charge in [-0.25, -0.2) is 0 Å². The third kappa shape index (κ3) is 1.23. The lowest BCUT2D eigenvalue weighted by molar-refractivity contribution is 0.156. The summed E-state index contributed by atoms with van der Waals surface area (Å²) in [6.45, 7) is 0. The van der Waals surface area contributed by atoms with Gasteiger partial charge in [0.1, 0.15) is 0 Å². The van der Waals surface area contributed by atoms with E-state index in [9.17, 15) is 5.11 Å². The van der Waals surface area contributed by atoms with Crippen molar-refractivity contribution in [2.24, 2.45) is 0 Å². The second-order valence-electron chi connectivity index (χ2n) is 3.22. The predicted molar refractivity (Wildman–Crippen MR) is 49.3 cm³/mol. The van der Waals surface area contributed by atoms with Crippen LogP contribution in [0.25, 0.3) is 0 Å². The Bertz CT molecular complexity index is 296. The summed E-state index contributed by atoms with van der Waals surface area (Å²) < 4.78 is 0. The van der Waals surface area contributed by atoms with Crippen LogP contribution in [0.1, 0.15) is 30.1 Å². The second kappa shape index (κ2) is 3.08. The fraction of sp³-hybridized carbons (Fsp3) is 0.400. The van der Waals surface area contributed by atoms with E-state index in [1.165, 1.54) is 0 Å². The van der Waals surface area contributed by atoms with Crippen LogP contribution in [-0.2, 0) is 6.42 Å². The zero-order valence-electron chi connectivity index (χ0n) is 6.76. The van der Waals surface area contributed by atoms with E-state index in [1.807, 2.05) is 18.2 Å². The summed E-state index contributed by atoms with van der Waals surface area (Å²) in [5.74, 6) is 0. The van der Waals surface area contributed by atoms with Crippen LogP contribution in [0.5, 0.6) is 0 Å². The molecule has 0 radical (unpaired) electrons. The summed E-state index contributed by atoms with van der Waals surface area (Å²) in [5, 5.41) is 10.4. The average molecular weight is 183 g/mol. The number of aliphatic hydroxyl groups excluding tert-OH is 1. The summed E-state index contributed by atoms with van der Waals surface area (Å²) in [7, 11) is 0. The van der Waals surface area contributed by atoms with Gasteiger partial charge in [0.25, 0.3) is 0 Å². The van der Waals surface area contributed by atoms with Gasteiger partial charge in [-0.1, -0.05) is 23.7 Å². The Morgan fingerprint density at radius 2 is 2.25 bits per heavy atom. The molecule has 0 spiro atoms. The van der Waals surface area contributed by atoms with Gasteiger partial charge < -0.3 is 5.11 Å². The number of halogens is 1. The summed E-state index contributed by atoms with van der Waals surface area (Å²) >= 11 is 6.00. The molecule has 0 amide bonds. The molecular formula is C10H11ClO. The molecule has 1 N–H and O–H groups in total. The predicted octanol–water partition coefficient (Wildman–Crippen LogP) is 2.71. The lowest BCUT2D eigenvalue weighted by Gasteiger charge is -2.21. The molecule has 1 atom stereocenters. The molecule has 1 nitrogen and oxygen atoms in total. The molecule has 1 aliphatic rings. The quantitative estimate of drug-likeness (QED) is 0.654. The largest absolute Gasteiger partial charge is 0.388 e. The van der Waals surface area contributed by atoms with Crippen molar-refractivity contribution in [2.45, 2.75) is 25.4 Å². The van der Waals surface area contributed by atoms with Crippen LogP contribution in [0, 0.1) is 0 Å². The molecular weight excluding hydrogens is 172 g/mol. The van der Waals surface area contributed by atoms with Crippen molar-refractivity contribution < 1.29 is 5.11 Å². The molecule has 1 aromatic carbocycles. The van der Waals surface area contributed by atoms with E-state index in [4.69, 9.17) is 11.6 Å². The first-order valence-corrected chi connectivity index (χ1v) is 4.62. The molecule has 12 heavy (non-hydrogen) atoms. The van der Waals surface area contributed by atoms with Crippen molar-refractivity contribution in [3.8, 4) is 0 Å². The summed E-state index contributed by atoms with van der Waals surface area (Å²) in [4.78, 5) is 0. The first-order chi connectivity index (χ1) is 5.79. The van der Waals surface area contributed by atoms with Gasteiger partial charge >= 0.3 is 0 Å². The molecule has 0 aliphatic heterocycles. The second-order valence-corrected chi connectivity index (χ2v) is 3.62. The van der Waals surface area contributed by atoms with Crippen LogP contribution in [0.2, 0.25) is 5.02 Å². The monoisotopic (exact) mass is 182 g/mol. The van der Waals surface area contributed by atoms with Crippen LogP contribution in [0.4, 0.5) is 0 Å². The van der Waals surface area contributed by atoms with Gasteiger partial charge in [-0.3, -0.25) is 0 Å². The minimum atomic E-state index is -0.299. The zero-order valence-corrected chi connectivity index (χ0v) is 7.51. The number of hydrogen-bond donors (Lipinski definition) is 1. The molecule has 0 saturated heterocycles. The molecule has 0 bridgehead atoms. The van der Waals surface area contributed by atoms with E-state index in [2.05, 4.69) is 0 Å². The number of rotatable bonds is 0. The Morgan fingerprint density at radius 1 is 1.42 bits per heavy atom. The van der Waals surface area contributed by atoms with Crippen LogP contribution in [0.3, 0.4) is 0 Å². The molecule has 0 fully saturated rings. The smallest absolute Gasteiger partial charge is 0.0793 e. The van der Waals surface area contributed by atoms with Gasteiger partial charge in [-0.15, -0.1) is 0 Å².